The van der Waals surface area contributed by atoms with Crippen LogP contribution in [-0.2, 0) is 0 Å². The van der Waals surface area contributed by atoms with E-state index in [1.807, 2.05) is 0 Å². The maximum Gasteiger partial charge on any atom is 0.287 e. The van der Waals surface area contributed by atoms with Crippen LogP contribution in [0, 0.1) is 10.1 Å². The van der Waals surface area contributed by atoms with E-state index in [1.54, 1.807) is 6.07 Å². The van der Waals surface area contributed by atoms with Crippen LogP contribution in [0.25, 0.3) is 0 Å². The molecule has 0 fully saturated rings. The summed E-state index contributed by atoms with van der Waals surface area (Å²) in [5, 5.41) is 10.6. The molecule has 1 unspecified atom stereocenters. The molecule has 0 bridgehead atoms. The van der Waals surface area contributed by atoms with Gasteiger partial charge in [-0.25, -0.2) is 0 Å². The zero-order chi connectivity index (χ0) is 10.3. The molecule has 6 heteroatoms. The summed E-state index contributed by atoms with van der Waals surface area (Å²) in [7, 11) is 0. The lowest BCUT2D eigenvalue weighted by atomic mass is 10.1. The molecule has 0 radical (unpaired) electrons. The third kappa shape index (κ3) is 1.36. The normalized spacial score (nSPS) is 18.9. The Balaban J connectivity index is 2.55. The number of halogens is 1. The highest BCUT2D eigenvalue weighted by molar-refractivity contribution is 9.10. The third-order valence-corrected chi connectivity index (χ3v) is 2.73. The van der Waals surface area contributed by atoms with Crippen LogP contribution >= 0.6 is 15.9 Å². The highest BCUT2D eigenvalue weighted by Crippen LogP contribution is 2.38. The summed E-state index contributed by atoms with van der Waals surface area (Å²) in [6, 6.07) is 2.85. The van der Waals surface area contributed by atoms with Gasteiger partial charge >= 0.3 is 0 Å². The number of nitro groups is 1. The number of hydrogen-bond acceptors (Lipinski definition) is 4. The van der Waals surface area contributed by atoms with E-state index in [-0.39, 0.29) is 11.7 Å². The fourth-order valence-electron chi connectivity index (χ4n) is 1.38. The topological polar surface area (TPSA) is 78.4 Å². The van der Waals surface area contributed by atoms with E-state index in [2.05, 4.69) is 15.9 Å². The van der Waals surface area contributed by atoms with Crippen LogP contribution < -0.4 is 10.5 Å². The molecule has 1 heterocycles. The minimum atomic E-state index is -0.461. The highest BCUT2D eigenvalue weighted by atomic mass is 79.9. The Morgan fingerprint density at radius 1 is 1.64 bits per heavy atom. The molecule has 1 atom stereocenters. The van der Waals surface area contributed by atoms with Crippen molar-refractivity contribution >= 4 is 21.6 Å². The predicted molar refractivity (Wildman–Crippen MR) is 53.2 cm³/mol. The van der Waals surface area contributed by atoms with E-state index in [1.165, 1.54) is 6.07 Å². The molecule has 14 heavy (non-hydrogen) atoms. The summed E-state index contributed by atoms with van der Waals surface area (Å²) in [5.74, 6) is 0.507. The van der Waals surface area contributed by atoms with Crippen LogP contribution in [0.3, 0.4) is 0 Å². The number of benzene rings is 1. The van der Waals surface area contributed by atoms with Crippen molar-refractivity contribution in [3.05, 3.63) is 32.3 Å². The Labute approximate surface area is 88.1 Å². The van der Waals surface area contributed by atoms with Gasteiger partial charge in [0.05, 0.1) is 21.5 Å². The molecule has 74 valence electrons. The molecular weight excluding hydrogens is 252 g/mol. The number of nitro benzene ring substituents is 1. The molecule has 0 saturated heterocycles. The summed E-state index contributed by atoms with van der Waals surface area (Å²) >= 11 is 3.13. The quantitative estimate of drug-likeness (QED) is 0.615. The van der Waals surface area contributed by atoms with Crippen molar-refractivity contribution in [3.8, 4) is 5.75 Å². The first kappa shape index (κ1) is 9.42. The minimum absolute atomic E-state index is 0.00199. The Bertz CT molecular complexity index is 408. The van der Waals surface area contributed by atoms with E-state index in [4.69, 9.17) is 10.5 Å². The summed E-state index contributed by atoms with van der Waals surface area (Å²) < 4.78 is 5.64. The molecule has 1 aromatic carbocycles. The molecule has 0 amide bonds. The number of hydrogen-bond donors (Lipinski definition) is 1. The zero-order valence-electron chi connectivity index (χ0n) is 7.07. The van der Waals surface area contributed by atoms with Crippen LogP contribution in [0.15, 0.2) is 16.6 Å². The average molecular weight is 259 g/mol. The summed E-state index contributed by atoms with van der Waals surface area (Å²) in [5.41, 5.74) is 6.53. The van der Waals surface area contributed by atoms with Gasteiger partial charge in [-0.3, -0.25) is 10.1 Å². The lowest BCUT2D eigenvalue weighted by Gasteiger charge is -2.01. The monoisotopic (exact) mass is 258 g/mol. The summed E-state index contributed by atoms with van der Waals surface area (Å²) in [4.78, 5) is 10.1. The van der Waals surface area contributed by atoms with Gasteiger partial charge in [0, 0.05) is 5.56 Å². The fourth-order valence-corrected chi connectivity index (χ4v) is 1.89. The Morgan fingerprint density at radius 2 is 2.36 bits per heavy atom. The van der Waals surface area contributed by atoms with Crippen molar-refractivity contribution in [2.75, 3.05) is 6.61 Å². The Hall–Kier alpha value is -1.14. The molecule has 1 aromatic rings. The van der Waals surface area contributed by atoms with Crippen molar-refractivity contribution in [1.82, 2.24) is 0 Å². The van der Waals surface area contributed by atoms with Gasteiger partial charge in [-0.05, 0) is 22.0 Å². The second kappa shape index (κ2) is 3.21. The third-order valence-electron chi connectivity index (χ3n) is 2.09. The van der Waals surface area contributed by atoms with Gasteiger partial charge in [0.25, 0.3) is 5.69 Å². The Kier molecular flexibility index (Phi) is 2.16. The van der Waals surface area contributed by atoms with Crippen molar-refractivity contribution in [1.29, 1.82) is 0 Å². The van der Waals surface area contributed by atoms with Gasteiger partial charge in [-0.2, -0.15) is 0 Å². The predicted octanol–water partition coefficient (Wildman–Crippen LogP) is 1.75. The smallest absolute Gasteiger partial charge is 0.287 e. The van der Waals surface area contributed by atoms with Crippen molar-refractivity contribution < 1.29 is 9.66 Å². The van der Waals surface area contributed by atoms with Crippen molar-refractivity contribution in [2.24, 2.45) is 5.73 Å². The molecule has 0 aliphatic carbocycles. The van der Waals surface area contributed by atoms with E-state index in [0.717, 1.165) is 5.56 Å². The van der Waals surface area contributed by atoms with E-state index < -0.39 is 4.92 Å². The molecule has 2 rings (SSSR count). The van der Waals surface area contributed by atoms with Gasteiger partial charge in [0.2, 0.25) is 0 Å². The number of fused-ring (bicyclic) bond motifs is 1. The molecule has 1 aliphatic heterocycles. The van der Waals surface area contributed by atoms with E-state index >= 15 is 0 Å². The maximum atomic E-state index is 10.6. The van der Waals surface area contributed by atoms with Crippen molar-refractivity contribution in [3.63, 3.8) is 0 Å². The number of ether oxygens (including phenoxy) is 1. The SMILES string of the molecule is NC1COc2cc([N+](=O)[O-])c(Br)cc21. The van der Waals surface area contributed by atoms with Crippen LogP contribution in [0.5, 0.6) is 5.75 Å². The number of rotatable bonds is 1. The first-order chi connectivity index (χ1) is 6.59. The number of nitrogens with zero attached hydrogens (tertiary/aromatic N) is 1. The number of nitrogens with two attached hydrogens (primary N) is 1. The lowest BCUT2D eigenvalue weighted by Crippen LogP contribution is -2.10. The van der Waals surface area contributed by atoms with Crippen LogP contribution in [0.4, 0.5) is 5.69 Å². The van der Waals surface area contributed by atoms with Gasteiger partial charge < -0.3 is 10.5 Å². The molecular formula is C8H7BrN2O3. The molecule has 0 aromatic heterocycles. The summed E-state index contributed by atoms with van der Waals surface area (Å²) in [6.45, 7) is 0.378. The summed E-state index contributed by atoms with van der Waals surface area (Å²) in [6.07, 6.45) is 0. The van der Waals surface area contributed by atoms with Gasteiger partial charge in [0.15, 0.2) is 0 Å². The average Bonchev–Trinajstić information content (AvgIpc) is 2.46. The standard InChI is InChI=1S/C8H7BrN2O3/c9-5-1-4-6(10)3-14-8(4)2-7(5)11(12)13/h1-2,6H,3,10H2. The largest absolute Gasteiger partial charge is 0.491 e. The Morgan fingerprint density at radius 3 is 3.00 bits per heavy atom. The van der Waals surface area contributed by atoms with Crippen LogP contribution in [0.2, 0.25) is 0 Å². The van der Waals surface area contributed by atoms with Crippen LogP contribution in [-0.4, -0.2) is 11.5 Å². The fraction of sp³-hybridized carbons (Fsp3) is 0.250. The van der Waals surface area contributed by atoms with Gasteiger partial charge in [0.1, 0.15) is 12.4 Å². The maximum absolute atomic E-state index is 10.6. The first-order valence-corrected chi connectivity index (χ1v) is 4.75. The molecule has 0 saturated carbocycles. The molecule has 0 spiro atoms. The molecule has 2 N–H and O–H groups in total. The lowest BCUT2D eigenvalue weighted by molar-refractivity contribution is -0.385. The van der Waals surface area contributed by atoms with E-state index in [9.17, 15) is 10.1 Å². The first-order valence-electron chi connectivity index (χ1n) is 3.96. The second-order valence-electron chi connectivity index (χ2n) is 3.02. The van der Waals surface area contributed by atoms with Crippen molar-refractivity contribution in [2.45, 2.75) is 6.04 Å². The molecule has 5 nitrogen and oxygen atoms in total. The molecule has 1 aliphatic rings. The minimum Gasteiger partial charge on any atom is -0.491 e. The van der Waals surface area contributed by atoms with Crippen LogP contribution in [0.1, 0.15) is 11.6 Å². The van der Waals surface area contributed by atoms with Gasteiger partial charge in [-0.1, -0.05) is 0 Å². The van der Waals surface area contributed by atoms with Gasteiger partial charge in [-0.15, -0.1) is 0 Å². The zero-order valence-corrected chi connectivity index (χ0v) is 8.65. The second-order valence-corrected chi connectivity index (χ2v) is 3.87. The highest BCUT2D eigenvalue weighted by Gasteiger charge is 2.25. The van der Waals surface area contributed by atoms with E-state index in [0.29, 0.717) is 16.8 Å².